The molecule has 0 aromatic heterocycles. The van der Waals surface area contributed by atoms with Crippen LogP contribution in [-0.4, -0.2) is 35.6 Å². The first-order valence-electron chi connectivity index (χ1n) is 6.20. The summed E-state index contributed by atoms with van der Waals surface area (Å²) in [5, 5.41) is 0.554. The second kappa shape index (κ2) is 5.43. The molecular weight excluding hydrogens is 330 g/mol. The Balaban J connectivity index is 2.23. The van der Waals surface area contributed by atoms with Gasteiger partial charge in [0.15, 0.2) is 0 Å². The van der Waals surface area contributed by atoms with Crippen LogP contribution in [0.3, 0.4) is 0 Å². The topological polar surface area (TPSA) is 29.5 Å². The van der Waals surface area contributed by atoms with Crippen molar-refractivity contribution >= 4 is 33.4 Å². The number of amides is 1. The van der Waals surface area contributed by atoms with Crippen molar-refractivity contribution in [3.8, 4) is 0 Å². The molecule has 5 heteroatoms. The van der Waals surface area contributed by atoms with Crippen molar-refractivity contribution in [1.29, 1.82) is 0 Å². The first-order valence-corrected chi connectivity index (χ1v) is 7.37. The molecule has 1 amide bonds. The molecule has 1 unspecified atom stereocenters. The Morgan fingerprint density at radius 2 is 2.16 bits per heavy atom. The van der Waals surface area contributed by atoms with Gasteiger partial charge >= 0.3 is 0 Å². The summed E-state index contributed by atoms with van der Waals surface area (Å²) in [5.74, 6) is -0.00794. The van der Waals surface area contributed by atoms with Crippen molar-refractivity contribution < 1.29 is 9.53 Å². The van der Waals surface area contributed by atoms with Crippen LogP contribution < -0.4 is 0 Å². The highest BCUT2D eigenvalue weighted by atomic mass is 79.9. The second-order valence-corrected chi connectivity index (χ2v) is 6.88. The largest absolute Gasteiger partial charge is 0.369 e. The summed E-state index contributed by atoms with van der Waals surface area (Å²) in [6, 6.07) is 5.26. The monoisotopic (exact) mass is 345 g/mol. The van der Waals surface area contributed by atoms with Crippen molar-refractivity contribution in [3.63, 3.8) is 0 Å². The van der Waals surface area contributed by atoms with E-state index in [-0.39, 0.29) is 17.6 Å². The molecule has 104 valence electrons. The first-order chi connectivity index (χ1) is 8.77. The number of hydrogen-bond donors (Lipinski definition) is 0. The van der Waals surface area contributed by atoms with E-state index in [1.54, 1.807) is 18.2 Å². The molecule has 3 nitrogen and oxygen atoms in total. The fraction of sp³-hybridized carbons (Fsp3) is 0.500. The number of hydrogen-bond acceptors (Lipinski definition) is 2. The SMILES string of the molecule is CC1CN(C(=O)c2cc(Cl)cc(Br)c2)CC(C)(C)O1. The molecule has 2 rings (SSSR count). The lowest BCUT2D eigenvalue weighted by Crippen LogP contribution is -2.53. The van der Waals surface area contributed by atoms with E-state index in [2.05, 4.69) is 15.9 Å². The zero-order valence-electron chi connectivity index (χ0n) is 11.2. The molecule has 19 heavy (non-hydrogen) atoms. The van der Waals surface area contributed by atoms with Crippen LogP contribution >= 0.6 is 27.5 Å². The fourth-order valence-corrected chi connectivity index (χ4v) is 3.33. The molecule has 1 fully saturated rings. The zero-order chi connectivity index (χ0) is 14.2. The third kappa shape index (κ3) is 3.71. The number of benzene rings is 1. The van der Waals surface area contributed by atoms with Gasteiger partial charge in [-0.2, -0.15) is 0 Å². The highest BCUT2D eigenvalue weighted by Crippen LogP contribution is 2.25. The smallest absolute Gasteiger partial charge is 0.254 e. The molecule has 0 spiro atoms. The van der Waals surface area contributed by atoms with Crippen LogP contribution in [0.15, 0.2) is 22.7 Å². The third-order valence-electron chi connectivity index (χ3n) is 2.97. The van der Waals surface area contributed by atoms with Gasteiger partial charge in [-0.25, -0.2) is 0 Å². The Kier molecular flexibility index (Phi) is 4.23. The van der Waals surface area contributed by atoms with Gasteiger partial charge in [0.2, 0.25) is 0 Å². The van der Waals surface area contributed by atoms with Gasteiger partial charge in [-0.3, -0.25) is 4.79 Å². The van der Waals surface area contributed by atoms with E-state index in [1.165, 1.54) is 0 Å². The molecule has 0 bridgehead atoms. The van der Waals surface area contributed by atoms with Crippen molar-refractivity contribution in [3.05, 3.63) is 33.3 Å². The lowest BCUT2D eigenvalue weighted by molar-refractivity contribution is -0.118. The molecule has 1 atom stereocenters. The summed E-state index contributed by atoms with van der Waals surface area (Å²) >= 11 is 9.35. The number of halogens is 2. The van der Waals surface area contributed by atoms with E-state index in [1.807, 2.05) is 25.7 Å². The van der Waals surface area contributed by atoms with Crippen LogP contribution in [0.4, 0.5) is 0 Å². The van der Waals surface area contributed by atoms with Crippen LogP contribution in [0.5, 0.6) is 0 Å². The van der Waals surface area contributed by atoms with E-state index in [9.17, 15) is 4.79 Å². The Bertz CT molecular complexity index is 484. The molecule has 1 aromatic rings. The normalized spacial score (nSPS) is 22.4. The van der Waals surface area contributed by atoms with Crippen molar-refractivity contribution in [2.24, 2.45) is 0 Å². The number of ether oxygens (including phenoxy) is 1. The second-order valence-electron chi connectivity index (χ2n) is 5.53. The van der Waals surface area contributed by atoms with Crippen LogP contribution in [0.25, 0.3) is 0 Å². The van der Waals surface area contributed by atoms with Gasteiger partial charge in [-0.15, -0.1) is 0 Å². The lowest BCUT2D eigenvalue weighted by Gasteiger charge is -2.41. The highest BCUT2D eigenvalue weighted by Gasteiger charge is 2.34. The zero-order valence-corrected chi connectivity index (χ0v) is 13.6. The van der Waals surface area contributed by atoms with E-state index < -0.39 is 0 Å². The lowest BCUT2D eigenvalue weighted by atomic mass is 10.0. The van der Waals surface area contributed by atoms with Crippen LogP contribution in [0, 0.1) is 0 Å². The molecule has 1 aliphatic heterocycles. The molecular formula is C14H17BrClNO2. The summed E-state index contributed by atoms with van der Waals surface area (Å²) in [6.07, 6.45) is 0.0373. The summed E-state index contributed by atoms with van der Waals surface area (Å²) in [6.45, 7) is 7.16. The summed E-state index contributed by atoms with van der Waals surface area (Å²) in [4.78, 5) is 14.4. The minimum Gasteiger partial charge on any atom is -0.369 e. The van der Waals surface area contributed by atoms with Gasteiger partial charge < -0.3 is 9.64 Å². The number of carbonyl (C=O) groups excluding carboxylic acids is 1. The first kappa shape index (κ1) is 14.8. The van der Waals surface area contributed by atoms with Crippen molar-refractivity contribution in [2.45, 2.75) is 32.5 Å². The molecule has 0 radical (unpaired) electrons. The van der Waals surface area contributed by atoms with Crippen LogP contribution in [-0.2, 0) is 4.74 Å². The minimum absolute atomic E-state index is 0.00794. The van der Waals surface area contributed by atoms with E-state index in [4.69, 9.17) is 16.3 Å². The average Bonchev–Trinajstić information content (AvgIpc) is 2.23. The summed E-state index contributed by atoms with van der Waals surface area (Å²) in [7, 11) is 0. The number of carbonyl (C=O) groups is 1. The maximum Gasteiger partial charge on any atom is 0.254 e. The van der Waals surface area contributed by atoms with Crippen molar-refractivity contribution in [1.82, 2.24) is 4.90 Å². The molecule has 1 aliphatic rings. The molecule has 0 aliphatic carbocycles. The molecule has 1 heterocycles. The van der Waals surface area contributed by atoms with Gasteiger partial charge in [0.05, 0.1) is 11.7 Å². The molecule has 0 saturated carbocycles. The minimum atomic E-state index is -0.316. The fourth-order valence-electron chi connectivity index (χ4n) is 2.47. The van der Waals surface area contributed by atoms with Gasteiger partial charge in [0, 0.05) is 28.1 Å². The summed E-state index contributed by atoms with van der Waals surface area (Å²) < 4.78 is 6.62. The van der Waals surface area contributed by atoms with E-state index in [0.717, 1.165) is 4.47 Å². The van der Waals surface area contributed by atoms with Gasteiger partial charge in [0.25, 0.3) is 5.91 Å². The quantitative estimate of drug-likeness (QED) is 0.775. The predicted octanol–water partition coefficient (Wildman–Crippen LogP) is 3.74. The molecule has 1 aromatic carbocycles. The Hall–Kier alpha value is -0.580. The summed E-state index contributed by atoms with van der Waals surface area (Å²) in [5.41, 5.74) is 0.285. The number of morpholine rings is 1. The van der Waals surface area contributed by atoms with E-state index >= 15 is 0 Å². The van der Waals surface area contributed by atoms with Crippen LogP contribution in [0.1, 0.15) is 31.1 Å². The number of nitrogens with zero attached hydrogens (tertiary/aromatic N) is 1. The maximum absolute atomic E-state index is 12.5. The van der Waals surface area contributed by atoms with E-state index in [0.29, 0.717) is 23.7 Å². The Morgan fingerprint density at radius 3 is 2.74 bits per heavy atom. The average molecular weight is 347 g/mol. The standard InChI is InChI=1S/C14H17BrClNO2/c1-9-7-17(8-14(2,3)19-9)13(18)10-4-11(15)6-12(16)5-10/h4-6,9H,7-8H2,1-3H3. The van der Waals surface area contributed by atoms with Gasteiger partial charge in [-0.1, -0.05) is 27.5 Å². The molecule has 0 N–H and O–H groups in total. The van der Waals surface area contributed by atoms with Crippen LogP contribution in [0.2, 0.25) is 5.02 Å². The van der Waals surface area contributed by atoms with Gasteiger partial charge in [-0.05, 0) is 39.0 Å². The highest BCUT2D eigenvalue weighted by molar-refractivity contribution is 9.10. The van der Waals surface area contributed by atoms with Crippen molar-refractivity contribution in [2.75, 3.05) is 13.1 Å². The maximum atomic E-state index is 12.5. The Morgan fingerprint density at radius 1 is 1.47 bits per heavy atom. The predicted molar refractivity (Wildman–Crippen MR) is 79.7 cm³/mol. The molecule has 1 saturated heterocycles. The number of rotatable bonds is 1. The Labute approximate surface area is 127 Å². The third-order valence-corrected chi connectivity index (χ3v) is 3.64. The van der Waals surface area contributed by atoms with Gasteiger partial charge in [0.1, 0.15) is 0 Å².